The summed E-state index contributed by atoms with van der Waals surface area (Å²) in [7, 11) is 1.69. The highest BCUT2D eigenvalue weighted by molar-refractivity contribution is 5.10. The minimum absolute atomic E-state index is 0.470. The summed E-state index contributed by atoms with van der Waals surface area (Å²) in [5.74, 6) is 0. The highest BCUT2D eigenvalue weighted by Crippen LogP contribution is 2.00. The lowest BCUT2D eigenvalue weighted by molar-refractivity contribution is 0.0910. The van der Waals surface area contributed by atoms with Crippen molar-refractivity contribution in [3.63, 3.8) is 0 Å². The number of ether oxygens (including phenoxy) is 2. The van der Waals surface area contributed by atoms with Gasteiger partial charge in [0.05, 0.1) is 18.0 Å². The summed E-state index contributed by atoms with van der Waals surface area (Å²) in [5.41, 5.74) is 7.32. The van der Waals surface area contributed by atoms with Gasteiger partial charge in [-0.25, -0.2) is 0 Å². The molecule has 0 amide bonds. The Morgan fingerprint density at radius 2 is 2.07 bits per heavy atom. The average Bonchev–Trinajstić information content (AvgIpc) is 2.29. The van der Waals surface area contributed by atoms with Crippen molar-refractivity contribution in [2.45, 2.75) is 19.6 Å². The molecule has 0 spiro atoms. The van der Waals surface area contributed by atoms with Crippen LogP contribution in [0.1, 0.15) is 17.8 Å². The van der Waals surface area contributed by atoms with Crippen LogP contribution in [0, 0.1) is 0 Å². The second-order valence-electron chi connectivity index (χ2n) is 3.22. The Morgan fingerprint density at radius 3 is 2.80 bits per heavy atom. The van der Waals surface area contributed by atoms with Gasteiger partial charge in [-0.1, -0.05) is 6.07 Å². The zero-order valence-electron chi connectivity index (χ0n) is 9.11. The van der Waals surface area contributed by atoms with Gasteiger partial charge >= 0.3 is 0 Å². The Bertz CT molecular complexity index is 279. The third kappa shape index (κ3) is 4.88. The van der Waals surface area contributed by atoms with Crippen molar-refractivity contribution in [2.75, 3.05) is 20.3 Å². The van der Waals surface area contributed by atoms with Crippen molar-refractivity contribution in [3.05, 3.63) is 29.6 Å². The monoisotopic (exact) mass is 210 g/mol. The van der Waals surface area contributed by atoms with Crippen LogP contribution in [-0.2, 0) is 22.6 Å². The highest BCUT2D eigenvalue weighted by Gasteiger charge is 1.96. The Labute approximate surface area is 90.4 Å². The van der Waals surface area contributed by atoms with Gasteiger partial charge in [0.1, 0.15) is 0 Å². The Morgan fingerprint density at radius 1 is 1.27 bits per heavy atom. The van der Waals surface area contributed by atoms with Gasteiger partial charge < -0.3 is 15.2 Å². The standard InChI is InChI=1S/C11H18N2O2/c1-14-6-3-7-15-9-11-5-2-4-10(8-12)13-11/h2,4-5H,3,6-9,12H2,1H3. The van der Waals surface area contributed by atoms with E-state index >= 15 is 0 Å². The van der Waals surface area contributed by atoms with Crippen LogP contribution in [-0.4, -0.2) is 25.3 Å². The summed E-state index contributed by atoms with van der Waals surface area (Å²) in [6.45, 7) is 2.44. The molecule has 1 rings (SSSR count). The van der Waals surface area contributed by atoms with Gasteiger partial charge in [0.2, 0.25) is 0 Å². The molecule has 15 heavy (non-hydrogen) atoms. The van der Waals surface area contributed by atoms with Gasteiger partial charge in [-0.05, 0) is 18.6 Å². The Kier molecular flexibility index (Phi) is 5.92. The molecule has 0 unspecified atom stereocenters. The smallest absolute Gasteiger partial charge is 0.0887 e. The number of aromatic nitrogens is 1. The van der Waals surface area contributed by atoms with Crippen LogP contribution in [0.3, 0.4) is 0 Å². The highest BCUT2D eigenvalue weighted by atomic mass is 16.5. The molecular formula is C11H18N2O2. The third-order valence-corrected chi connectivity index (χ3v) is 1.96. The maximum Gasteiger partial charge on any atom is 0.0887 e. The van der Waals surface area contributed by atoms with E-state index in [1.807, 2.05) is 18.2 Å². The fourth-order valence-corrected chi connectivity index (χ4v) is 1.21. The number of rotatable bonds is 7. The zero-order chi connectivity index (χ0) is 10.9. The predicted octanol–water partition coefficient (Wildman–Crippen LogP) is 1.09. The molecule has 1 aromatic rings. The topological polar surface area (TPSA) is 57.4 Å². The molecule has 4 nitrogen and oxygen atoms in total. The number of nitrogens with zero attached hydrogens (tertiary/aromatic N) is 1. The third-order valence-electron chi connectivity index (χ3n) is 1.96. The second kappa shape index (κ2) is 7.34. The van der Waals surface area contributed by atoms with E-state index in [2.05, 4.69) is 4.98 Å². The molecule has 4 heteroatoms. The molecule has 0 atom stereocenters. The van der Waals surface area contributed by atoms with Crippen LogP contribution >= 0.6 is 0 Å². The molecule has 0 fully saturated rings. The summed E-state index contributed by atoms with van der Waals surface area (Å²) in [6, 6.07) is 5.80. The van der Waals surface area contributed by atoms with Crippen molar-refractivity contribution in [1.29, 1.82) is 0 Å². The number of nitrogens with two attached hydrogens (primary N) is 1. The van der Waals surface area contributed by atoms with E-state index in [0.29, 0.717) is 19.8 Å². The molecule has 0 saturated carbocycles. The molecule has 0 saturated heterocycles. The van der Waals surface area contributed by atoms with Crippen LogP contribution in [0.15, 0.2) is 18.2 Å². The number of hydrogen-bond donors (Lipinski definition) is 1. The summed E-state index contributed by atoms with van der Waals surface area (Å²) >= 11 is 0. The van der Waals surface area contributed by atoms with Crippen molar-refractivity contribution >= 4 is 0 Å². The largest absolute Gasteiger partial charge is 0.385 e. The summed E-state index contributed by atoms with van der Waals surface area (Å²) in [5, 5.41) is 0. The molecule has 0 aliphatic rings. The van der Waals surface area contributed by atoms with Crippen molar-refractivity contribution in [2.24, 2.45) is 5.73 Å². The van der Waals surface area contributed by atoms with Crippen LogP contribution in [0.4, 0.5) is 0 Å². The first kappa shape index (κ1) is 12.1. The van der Waals surface area contributed by atoms with Crippen LogP contribution in [0.5, 0.6) is 0 Å². The van der Waals surface area contributed by atoms with Crippen LogP contribution < -0.4 is 5.73 Å². The summed E-state index contributed by atoms with van der Waals surface area (Å²) in [4.78, 5) is 4.33. The quantitative estimate of drug-likeness (QED) is 0.684. The van der Waals surface area contributed by atoms with E-state index in [1.54, 1.807) is 7.11 Å². The van der Waals surface area contributed by atoms with Gasteiger partial charge in [0, 0.05) is 26.9 Å². The van der Waals surface area contributed by atoms with E-state index < -0.39 is 0 Å². The van der Waals surface area contributed by atoms with Gasteiger partial charge in [-0.2, -0.15) is 0 Å². The minimum atomic E-state index is 0.470. The van der Waals surface area contributed by atoms with Gasteiger partial charge in [-0.15, -0.1) is 0 Å². The first-order chi connectivity index (χ1) is 7.36. The van der Waals surface area contributed by atoms with Gasteiger partial charge in [0.15, 0.2) is 0 Å². The molecule has 0 aliphatic carbocycles. The summed E-state index contributed by atoms with van der Waals surface area (Å²) in [6.07, 6.45) is 0.910. The number of methoxy groups -OCH3 is 1. The zero-order valence-corrected chi connectivity index (χ0v) is 9.11. The molecule has 1 aromatic heterocycles. The fraction of sp³-hybridized carbons (Fsp3) is 0.545. The van der Waals surface area contributed by atoms with E-state index in [4.69, 9.17) is 15.2 Å². The predicted molar refractivity (Wildman–Crippen MR) is 58.3 cm³/mol. The van der Waals surface area contributed by atoms with Crippen molar-refractivity contribution < 1.29 is 9.47 Å². The number of pyridine rings is 1. The van der Waals surface area contributed by atoms with E-state index in [-0.39, 0.29) is 0 Å². The lowest BCUT2D eigenvalue weighted by Gasteiger charge is -2.04. The second-order valence-corrected chi connectivity index (χ2v) is 3.22. The first-order valence-electron chi connectivity index (χ1n) is 5.08. The van der Waals surface area contributed by atoms with Crippen LogP contribution in [0.2, 0.25) is 0 Å². The van der Waals surface area contributed by atoms with Crippen molar-refractivity contribution in [1.82, 2.24) is 4.98 Å². The maximum atomic E-state index is 5.49. The van der Waals surface area contributed by atoms with Gasteiger partial charge in [0.25, 0.3) is 0 Å². The minimum Gasteiger partial charge on any atom is -0.385 e. The fourth-order valence-electron chi connectivity index (χ4n) is 1.21. The Balaban J connectivity index is 2.24. The maximum absolute atomic E-state index is 5.49. The first-order valence-corrected chi connectivity index (χ1v) is 5.08. The summed E-state index contributed by atoms with van der Waals surface area (Å²) < 4.78 is 10.4. The van der Waals surface area contributed by atoms with E-state index in [9.17, 15) is 0 Å². The molecule has 1 heterocycles. The normalized spacial score (nSPS) is 10.5. The van der Waals surface area contributed by atoms with Gasteiger partial charge in [-0.3, -0.25) is 4.98 Å². The molecular weight excluding hydrogens is 192 g/mol. The molecule has 2 N–H and O–H groups in total. The van der Waals surface area contributed by atoms with Crippen LogP contribution in [0.25, 0.3) is 0 Å². The molecule has 0 radical (unpaired) electrons. The molecule has 0 aliphatic heterocycles. The average molecular weight is 210 g/mol. The van der Waals surface area contributed by atoms with E-state index in [0.717, 1.165) is 24.4 Å². The molecule has 0 bridgehead atoms. The SMILES string of the molecule is COCCCOCc1cccc(CN)n1. The molecule has 0 aromatic carbocycles. The lowest BCUT2D eigenvalue weighted by Crippen LogP contribution is -2.04. The van der Waals surface area contributed by atoms with E-state index in [1.165, 1.54) is 0 Å². The van der Waals surface area contributed by atoms with Crippen molar-refractivity contribution in [3.8, 4) is 0 Å². The molecule has 84 valence electrons. The Hall–Kier alpha value is -0.970. The lowest BCUT2D eigenvalue weighted by atomic mass is 10.3. The number of hydrogen-bond acceptors (Lipinski definition) is 4.